The molecule has 0 spiro atoms. The number of phenolic OH excluding ortho intramolecular Hbond substituents is 1. The van der Waals surface area contributed by atoms with E-state index >= 15 is 0 Å². The van der Waals surface area contributed by atoms with Gasteiger partial charge in [-0.3, -0.25) is 4.79 Å². The summed E-state index contributed by atoms with van der Waals surface area (Å²) >= 11 is 1.97. The third-order valence-electron chi connectivity index (χ3n) is 2.23. The van der Waals surface area contributed by atoms with Gasteiger partial charge in [0.25, 0.3) is 5.91 Å². The number of nitrogens with two attached hydrogens (primary N) is 1. The number of benzene rings is 1. The summed E-state index contributed by atoms with van der Waals surface area (Å²) in [6, 6.07) is 4.40. The Kier molecular flexibility index (Phi) is 5.20. The first kappa shape index (κ1) is 14.6. The van der Waals surface area contributed by atoms with Crippen LogP contribution < -0.4 is 11.1 Å². The number of nitrogens with zero attached hydrogens (tertiary/aromatic N) is 1. The fourth-order valence-electron chi connectivity index (χ4n) is 1.37. The highest BCUT2D eigenvalue weighted by Gasteiger charge is 2.12. The van der Waals surface area contributed by atoms with Crippen LogP contribution in [0.1, 0.15) is 23.7 Å². The maximum atomic E-state index is 11.8. The molecule has 6 nitrogen and oxygen atoms in total. The molecular weight excluding hydrogens is 349 g/mol. The highest BCUT2D eigenvalue weighted by atomic mass is 127. The number of oxime groups is 1. The van der Waals surface area contributed by atoms with Crippen LogP contribution in [-0.4, -0.2) is 28.1 Å². The molecule has 98 valence electrons. The van der Waals surface area contributed by atoms with Crippen molar-refractivity contribution in [3.8, 4) is 5.75 Å². The predicted octanol–water partition coefficient (Wildman–Crippen LogP) is 1.25. The Morgan fingerprint density at radius 1 is 1.61 bits per heavy atom. The smallest absolute Gasteiger partial charge is 0.251 e. The molecule has 18 heavy (non-hydrogen) atoms. The highest BCUT2D eigenvalue weighted by Crippen LogP contribution is 2.20. The normalized spacial score (nSPS) is 13.1. The molecule has 1 aromatic rings. The molecule has 0 aliphatic carbocycles. The van der Waals surface area contributed by atoms with Crippen molar-refractivity contribution in [2.45, 2.75) is 19.4 Å². The number of amides is 1. The molecule has 1 amide bonds. The number of rotatable bonds is 4. The molecule has 0 radical (unpaired) electrons. The minimum atomic E-state index is -0.320. The van der Waals surface area contributed by atoms with Crippen LogP contribution in [0.2, 0.25) is 0 Å². The van der Waals surface area contributed by atoms with Crippen LogP contribution in [0.15, 0.2) is 23.4 Å². The fourth-order valence-corrected chi connectivity index (χ4v) is 1.70. The SMILES string of the molecule is CC(C/C(N)=N/O)NC(=O)c1ccc(I)c(O)c1. The van der Waals surface area contributed by atoms with Crippen molar-refractivity contribution in [3.05, 3.63) is 27.3 Å². The van der Waals surface area contributed by atoms with Gasteiger partial charge in [-0.05, 0) is 47.7 Å². The van der Waals surface area contributed by atoms with Gasteiger partial charge in [0.15, 0.2) is 0 Å². The molecule has 0 saturated heterocycles. The number of phenols is 1. The second-order valence-electron chi connectivity index (χ2n) is 3.84. The summed E-state index contributed by atoms with van der Waals surface area (Å²) in [7, 11) is 0. The van der Waals surface area contributed by atoms with Gasteiger partial charge in [0.2, 0.25) is 0 Å². The van der Waals surface area contributed by atoms with E-state index in [0.29, 0.717) is 9.13 Å². The Morgan fingerprint density at radius 3 is 2.83 bits per heavy atom. The minimum Gasteiger partial charge on any atom is -0.507 e. The minimum absolute atomic E-state index is 0.0493. The third-order valence-corrected chi connectivity index (χ3v) is 3.14. The van der Waals surface area contributed by atoms with Gasteiger partial charge in [-0.25, -0.2) is 0 Å². The lowest BCUT2D eigenvalue weighted by Crippen LogP contribution is -2.35. The number of amidine groups is 1. The molecule has 0 fully saturated rings. The van der Waals surface area contributed by atoms with Crippen molar-refractivity contribution >= 4 is 34.3 Å². The van der Waals surface area contributed by atoms with Gasteiger partial charge in [-0.15, -0.1) is 0 Å². The van der Waals surface area contributed by atoms with Crippen molar-refractivity contribution in [2.75, 3.05) is 0 Å². The van der Waals surface area contributed by atoms with Gasteiger partial charge in [-0.2, -0.15) is 0 Å². The molecule has 1 rings (SSSR count). The largest absolute Gasteiger partial charge is 0.507 e. The lowest BCUT2D eigenvalue weighted by molar-refractivity contribution is 0.0940. The lowest BCUT2D eigenvalue weighted by atomic mass is 10.1. The summed E-state index contributed by atoms with van der Waals surface area (Å²) in [5, 5.41) is 23.4. The Bertz CT molecular complexity index is 477. The molecule has 7 heteroatoms. The number of nitrogens with one attached hydrogen (secondary N) is 1. The number of halogens is 1. The number of carbonyl (C=O) groups is 1. The van der Waals surface area contributed by atoms with Crippen molar-refractivity contribution in [1.82, 2.24) is 5.32 Å². The zero-order valence-electron chi connectivity index (χ0n) is 9.72. The van der Waals surface area contributed by atoms with Crippen LogP contribution in [-0.2, 0) is 0 Å². The average molecular weight is 363 g/mol. The topological polar surface area (TPSA) is 108 Å². The van der Waals surface area contributed by atoms with Crippen molar-refractivity contribution in [2.24, 2.45) is 10.9 Å². The second-order valence-corrected chi connectivity index (χ2v) is 5.00. The van der Waals surface area contributed by atoms with Crippen LogP contribution in [0.5, 0.6) is 5.75 Å². The van der Waals surface area contributed by atoms with Gasteiger partial charge in [0, 0.05) is 18.0 Å². The molecule has 5 N–H and O–H groups in total. The summed E-state index contributed by atoms with van der Waals surface area (Å²) in [5.41, 5.74) is 5.70. The Labute approximate surface area is 118 Å². The van der Waals surface area contributed by atoms with Crippen LogP contribution in [0.25, 0.3) is 0 Å². The number of aromatic hydroxyl groups is 1. The molecular formula is C11H14IN3O3. The highest BCUT2D eigenvalue weighted by molar-refractivity contribution is 14.1. The third kappa shape index (κ3) is 4.06. The molecule has 0 aliphatic rings. The van der Waals surface area contributed by atoms with Gasteiger partial charge in [-0.1, -0.05) is 5.16 Å². The Balaban J connectivity index is 2.67. The summed E-state index contributed by atoms with van der Waals surface area (Å²) in [4.78, 5) is 11.8. The first-order valence-electron chi connectivity index (χ1n) is 5.19. The average Bonchev–Trinajstić information content (AvgIpc) is 2.32. The van der Waals surface area contributed by atoms with E-state index in [-0.39, 0.29) is 30.0 Å². The van der Waals surface area contributed by atoms with Gasteiger partial charge in [0.1, 0.15) is 11.6 Å². The summed E-state index contributed by atoms with van der Waals surface area (Å²) in [5.74, 6) is -0.208. The van der Waals surface area contributed by atoms with E-state index in [9.17, 15) is 9.90 Å². The zero-order valence-corrected chi connectivity index (χ0v) is 11.9. The number of carbonyl (C=O) groups excluding carboxylic acids is 1. The predicted molar refractivity (Wildman–Crippen MR) is 75.8 cm³/mol. The molecule has 0 heterocycles. The molecule has 0 aliphatic heterocycles. The first-order chi connectivity index (χ1) is 8.43. The fraction of sp³-hybridized carbons (Fsp3) is 0.273. The monoisotopic (exact) mass is 363 g/mol. The first-order valence-corrected chi connectivity index (χ1v) is 6.27. The number of hydrogen-bond donors (Lipinski definition) is 4. The van der Waals surface area contributed by atoms with E-state index < -0.39 is 0 Å². The van der Waals surface area contributed by atoms with Gasteiger partial charge >= 0.3 is 0 Å². The van der Waals surface area contributed by atoms with Crippen molar-refractivity contribution in [1.29, 1.82) is 0 Å². The van der Waals surface area contributed by atoms with Gasteiger partial charge < -0.3 is 21.4 Å². The van der Waals surface area contributed by atoms with Crippen LogP contribution in [0.3, 0.4) is 0 Å². The standard InChI is InChI=1S/C11H14IN3O3/c1-6(4-10(13)15-18)14-11(17)7-2-3-8(12)9(16)5-7/h2-3,5-6,16,18H,4H2,1H3,(H2,13,15)(H,14,17). The maximum Gasteiger partial charge on any atom is 0.251 e. The van der Waals surface area contributed by atoms with Crippen LogP contribution >= 0.6 is 22.6 Å². The quantitative estimate of drug-likeness (QED) is 0.212. The van der Waals surface area contributed by atoms with E-state index in [1.807, 2.05) is 22.6 Å². The summed E-state index contributed by atoms with van der Waals surface area (Å²) in [6.45, 7) is 1.74. The van der Waals surface area contributed by atoms with Crippen molar-refractivity contribution in [3.63, 3.8) is 0 Å². The summed E-state index contributed by atoms with van der Waals surface area (Å²) in [6.07, 6.45) is 0.249. The molecule has 1 unspecified atom stereocenters. The Morgan fingerprint density at radius 2 is 2.28 bits per heavy atom. The lowest BCUT2D eigenvalue weighted by Gasteiger charge is -2.13. The molecule has 0 bridgehead atoms. The van der Waals surface area contributed by atoms with Crippen LogP contribution in [0.4, 0.5) is 0 Å². The Hall–Kier alpha value is -1.51. The van der Waals surface area contributed by atoms with E-state index in [4.69, 9.17) is 10.9 Å². The van der Waals surface area contributed by atoms with E-state index in [0.717, 1.165) is 0 Å². The molecule has 1 atom stereocenters. The van der Waals surface area contributed by atoms with Crippen molar-refractivity contribution < 1.29 is 15.1 Å². The molecule has 0 aromatic heterocycles. The van der Waals surface area contributed by atoms with E-state index in [1.165, 1.54) is 6.07 Å². The zero-order chi connectivity index (χ0) is 13.7. The number of hydrogen-bond acceptors (Lipinski definition) is 4. The second kappa shape index (κ2) is 6.43. The van der Waals surface area contributed by atoms with E-state index in [2.05, 4.69) is 10.5 Å². The van der Waals surface area contributed by atoms with Gasteiger partial charge in [0.05, 0.1) is 3.57 Å². The molecule has 1 aromatic carbocycles. The summed E-state index contributed by atoms with van der Waals surface area (Å²) < 4.78 is 0.675. The molecule has 0 saturated carbocycles. The maximum absolute atomic E-state index is 11.8. The van der Waals surface area contributed by atoms with Crippen LogP contribution in [0, 0.1) is 3.57 Å². The van der Waals surface area contributed by atoms with E-state index in [1.54, 1.807) is 19.1 Å².